The molecule has 29 heavy (non-hydrogen) atoms. The normalized spacial score (nSPS) is 11.1. The first-order valence-electron chi connectivity index (χ1n) is 8.49. The molecule has 0 atom stereocenters. The Morgan fingerprint density at radius 3 is 2.93 bits per heavy atom. The molecule has 0 radical (unpaired) electrons. The van der Waals surface area contributed by atoms with Gasteiger partial charge in [0.2, 0.25) is 0 Å². The van der Waals surface area contributed by atoms with E-state index in [1.807, 2.05) is 29.6 Å². The van der Waals surface area contributed by atoms with Crippen LogP contribution in [0.2, 0.25) is 0 Å². The Hall–Kier alpha value is -3.99. The highest BCUT2D eigenvalue weighted by atomic mass is 32.1. The molecule has 0 saturated carbocycles. The molecule has 142 valence electrons. The summed E-state index contributed by atoms with van der Waals surface area (Å²) in [5.41, 5.74) is 1.20. The van der Waals surface area contributed by atoms with Gasteiger partial charge in [-0.25, -0.2) is 9.97 Å². The zero-order chi connectivity index (χ0) is 19.8. The van der Waals surface area contributed by atoms with Crippen molar-refractivity contribution < 1.29 is 9.32 Å². The van der Waals surface area contributed by atoms with Gasteiger partial charge in [-0.15, -0.1) is 16.4 Å². The van der Waals surface area contributed by atoms with Crippen molar-refractivity contribution in [3.63, 3.8) is 0 Å². The number of carbonyl (C=O) groups is 1. The maximum Gasteiger partial charge on any atom is 0.279 e. The minimum absolute atomic E-state index is 0.104. The molecule has 0 fully saturated rings. The first-order chi connectivity index (χ1) is 14.2. The summed E-state index contributed by atoms with van der Waals surface area (Å²) >= 11 is 1.46. The van der Waals surface area contributed by atoms with Crippen molar-refractivity contribution in [2.45, 2.75) is 0 Å². The molecule has 5 heterocycles. The summed E-state index contributed by atoms with van der Waals surface area (Å²) in [6.07, 6.45) is 3.33. The van der Waals surface area contributed by atoms with Crippen molar-refractivity contribution in [3.05, 3.63) is 53.8 Å². The number of pyridine rings is 1. The van der Waals surface area contributed by atoms with Crippen molar-refractivity contribution in [2.75, 3.05) is 5.32 Å². The lowest BCUT2D eigenvalue weighted by molar-refractivity contribution is 0.101. The topological polar surface area (TPSA) is 125 Å². The Bertz CT molecular complexity index is 1320. The van der Waals surface area contributed by atoms with Crippen LogP contribution in [0.1, 0.15) is 10.5 Å². The van der Waals surface area contributed by atoms with E-state index in [9.17, 15) is 4.79 Å². The highest BCUT2D eigenvalue weighted by Crippen LogP contribution is 2.28. The monoisotopic (exact) mass is 404 g/mol. The van der Waals surface area contributed by atoms with Crippen LogP contribution in [0.25, 0.3) is 33.2 Å². The number of carbonyl (C=O) groups excluding carboxylic acids is 1. The Labute approximate surface area is 167 Å². The molecular formula is C18H12N8O2S. The van der Waals surface area contributed by atoms with Gasteiger partial charge in [0.05, 0.1) is 11.6 Å². The fourth-order valence-electron chi connectivity index (χ4n) is 2.70. The molecule has 0 spiro atoms. The van der Waals surface area contributed by atoms with Gasteiger partial charge in [0.1, 0.15) is 16.3 Å². The van der Waals surface area contributed by atoms with Crippen LogP contribution in [0.5, 0.6) is 0 Å². The Balaban J connectivity index is 1.48. The molecule has 0 unspecified atom stereocenters. The number of hydrogen-bond acceptors (Lipinski definition) is 9. The molecule has 1 N–H and O–H groups in total. The predicted molar refractivity (Wildman–Crippen MR) is 105 cm³/mol. The largest absolute Gasteiger partial charge is 0.354 e. The van der Waals surface area contributed by atoms with Gasteiger partial charge in [-0.05, 0) is 23.6 Å². The second kappa shape index (κ2) is 6.87. The summed E-state index contributed by atoms with van der Waals surface area (Å²) in [5.74, 6) is 0.699. The minimum atomic E-state index is -0.456. The van der Waals surface area contributed by atoms with Crippen molar-refractivity contribution in [1.29, 1.82) is 0 Å². The van der Waals surface area contributed by atoms with Crippen molar-refractivity contribution >= 4 is 33.3 Å². The molecule has 5 aromatic heterocycles. The smallest absolute Gasteiger partial charge is 0.279 e. The predicted octanol–water partition coefficient (Wildman–Crippen LogP) is 2.79. The highest BCUT2D eigenvalue weighted by molar-refractivity contribution is 7.16. The molecule has 0 aliphatic heterocycles. The fourth-order valence-corrected chi connectivity index (χ4v) is 3.46. The summed E-state index contributed by atoms with van der Waals surface area (Å²) in [6.45, 7) is 0. The lowest BCUT2D eigenvalue weighted by atomic mass is 10.3. The second-order valence-corrected chi connectivity index (χ2v) is 6.95. The summed E-state index contributed by atoms with van der Waals surface area (Å²) in [7, 11) is 1.74. The van der Waals surface area contributed by atoms with E-state index in [-0.39, 0.29) is 5.69 Å². The number of fused-ring (bicyclic) bond motifs is 1. The van der Waals surface area contributed by atoms with Crippen LogP contribution in [0.4, 0.5) is 5.82 Å². The van der Waals surface area contributed by atoms with Gasteiger partial charge >= 0.3 is 0 Å². The van der Waals surface area contributed by atoms with E-state index in [0.717, 1.165) is 10.2 Å². The number of amides is 1. The van der Waals surface area contributed by atoms with Gasteiger partial charge in [-0.3, -0.25) is 14.5 Å². The number of hydrogen-bond donors (Lipinski definition) is 1. The summed E-state index contributed by atoms with van der Waals surface area (Å²) in [5, 5.41) is 17.0. The second-order valence-electron chi connectivity index (χ2n) is 6.06. The molecule has 1 amide bonds. The SMILES string of the molecule is Cn1cc(-c2cc(C(=O)Nc3nc(-c4ccccn4)nc4sccc34)no2)nn1. The van der Waals surface area contributed by atoms with E-state index in [1.54, 1.807) is 19.4 Å². The lowest BCUT2D eigenvalue weighted by Gasteiger charge is -2.06. The van der Waals surface area contributed by atoms with Crippen LogP contribution < -0.4 is 5.32 Å². The average Bonchev–Trinajstić information content (AvgIpc) is 3.48. The lowest BCUT2D eigenvalue weighted by Crippen LogP contribution is -2.14. The van der Waals surface area contributed by atoms with E-state index in [0.29, 0.717) is 28.8 Å². The standard InChI is InChI=1S/C18H12N8O2S/c1-26-9-13(23-25-26)14-8-12(24-28-14)17(27)21-15-10-5-7-29-18(10)22-16(20-15)11-4-2-3-6-19-11/h2-9H,1H3,(H,20,21,22,27). The summed E-state index contributed by atoms with van der Waals surface area (Å²) in [6, 6.07) is 8.84. The Morgan fingerprint density at radius 2 is 2.14 bits per heavy atom. The molecule has 0 saturated heterocycles. The van der Waals surface area contributed by atoms with Crippen LogP contribution in [-0.4, -0.2) is 41.0 Å². The Morgan fingerprint density at radius 1 is 1.21 bits per heavy atom. The van der Waals surface area contributed by atoms with Crippen LogP contribution in [0.15, 0.2) is 52.6 Å². The van der Waals surface area contributed by atoms with Gasteiger partial charge in [-0.2, -0.15) is 0 Å². The highest BCUT2D eigenvalue weighted by Gasteiger charge is 2.19. The van der Waals surface area contributed by atoms with E-state index in [1.165, 1.54) is 22.1 Å². The maximum atomic E-state index is 12.7. The molecule has 0 aromatic carbocycles. The first-order valence-corrected chi connectivity index (χ1v) is 9.37. The number of thiophene rings is 1. The zero-order valence-electron chi connectivity index (χ0n) is 15.0. The molecule has 5 aromatic rings. The molecule has 0 bridgehead atoms. The number of nitrogens with one attached hydrogen (secondary N) is 1. The number of aromatic nitrogens is 7. The average molecular weight is 404 g/mol. The molecule has 0 aliphatic carbocycles. The third-order valence-corrected chi connectivity index (χ3v) is 4.86. The number of anilines is 1. The van der Waals surface area contributed by atoms with E-state index < -0.39 is 5.91 Å². The third kappa shape index (κ3) is 3.23. The van der Waals surface area contributed by atoms with Crippen molar-refractivity contribution in [1.82, 2.24) is 35.1 Å². The van der Waals surface area contributed by atoms with Crippen LogP contribution >= 0.6 is 11.3 Å². The van der Waals surface area contributed by atoms with Crippen LogP contribution in [-0.2, 0) is 7.05 Å². The van der Waals surface area contributed by atoms with E-state index in [4.69, 9.17) is 4.52 Å². The van der Waals surface area contributed by atoms with E-state index in [2.05, 4.69) is 35.7 Å². The molecule has 11 heteroatoms. The Kier molecular flexibility index (Phi) is 4.06. The quantitative estimate of drug-likeness (QED) is 0.485. The number of rotatable bonds is 4. The van der Waals surface area contributed by atoms with Gasteiger partial charge in [0, 0.05) is 19.3 Å². The molecular weight excluding hydrogens is 392 g/mol. The first kappa shape index (κ1) is 17.1. The van der Waals surface area contributed by atoms with Crippen molar-refractivity contribution in [3.8, 4) is 23.0 Å². The van der Waals surface area contributed by atoms with Gasteiger partial charge < -0.3 is 9.84 Å². The van der Waals surface area contributed by atoms with Gasteiger partial charge in [0.25, 0.3) is 5.91 Å². The van der Waals surface area contributed by atoms with Crippen molar-refractivity contribution in [2.24, 2.45) is 7.05 Å². The van der Waals surface area contributed by atoms with Gasteiger partial charge in [-0.1, -0.05) is 16.4 Å². The third-order valence-electron chi connectivity index (χ3n) is 4.05. The number of aryl methyl sites for hydroxylation is 1. The summed E-state index contributed by atoms with van der Waals surface area (Å²) in [4.78, 5) is 26.8. The number of nitrogens with zero attached hydrogens (tertiary/aromatic N) is 7. The molecule has 0 aliphatic rings. The zero-order valence-corrected chi connectivity index (χ0v) is 15.8. The minimum Gasteiger partial charge on any atom is -0.354 e. The summed E-state index contributed by atoms with van der Waals surface area (Å²) < 4.78 is 6.75. The molecule has 5 rings (SSSR count). The molecule has 10 nitrogen and oxygen atoms in total. The van der Waals surface area contributed by atoms with Crippen LogP contribution in [0, 0.1) is 0 Å². The fraction of sp³-hybridized carbons (Fsp3) is 0.0556. The maximum absolute atomic E-state index is 12.7. The van der Waals surface area contributed by atoms with Gasteiger partial charge in [0.15, 0.2) is 23.0 Å². The van der Waals surface area contributed by atoms with E-state index >= 15 is 0 Å². The van der Waals surface area contributed by atoms with Crippen LogP contribution in [0.3, 0.4) is 0 Å².